The van der Waals surface area contributed by atoms with Crippen molar-refractivity contribution in [2.45, 2.75) is 80.7 Å². The molecular weight excluding hydrogens is 607 g/mol. The second-order valence-electron chi connectivity index (χ2n) is 14.5. The molecule has 10 rings (SSSR count). The van der Waals surface area contributed by atoms with Crippen LogP contribution in [-0.2, 0) is 0 Å². The molecule has 4 aromatic rings. The normalized spacial score (nSPS) is 29.6. The van der Waals surface area contributed by atoms with Crippen molar-refractivity contribution in [2.24, 2.45) is 0 Å². The number of hydrogen-bond donors (Lipinski definition) is 2. The van der Waals surface area contributed by atoms with E-state index in [0.29, 0.717) is 36.6 Å². The van der Waals surface area contributed by atoms with E-state index in [9.17, 15) is 9.50 Å². The molecule has 0 spiro atoms. The molecular formula is C36H36F3N5O3. The van der Waals surface area contributed by atoms with Gasteiger partial charge >= 0.3 is 6.01 Å². The van der Waals surface area contributed by atoms with E-state index in [2.05, 4.69) is 20.1 Å². The minimum atomic E-state index is -0.918. The van der Waals surface area contributed by atoms with E-state index in [1.54, 1.807) is 6.07 Å². The van der Waals surface area contributed by atoms with E-state index < -0.39 is 23.3 Å². The van der Waals surface area contributed by atoms with E-state index in [0.717, 1.165) is 56.0 Å². The standard InChI is InChI=1S/C36H36F3N5O3/c37-20-13-36(9-2-10-43(36)14-20)17-47-35-41-32-29-33(46-16-26-25-8-7-21(40-25)15-44(26)34(29)42-35)31(39)28(30(32)38)24-12-22(45)11-19-3-1-4-23(27(19)24)18-5-6-18/h1,3-4,11-12,18,20-21,25-26,40,45H,2,5-10,13-17H2/t20-,21?,25?,26?,36-/m1/s1. The summed E-state index contributed by atoms with van der Waals surface area (Å²) in [5.74, 6) is -1.14. The fourth-order valence-corrected chi connectivity index (χ4v) is 9.41. The number of anilines is 1. The van der Waals surface area contributed by atoms with Gasteiger partial charge in [0.25, 0.3) is 0 Å². The largest absolute Gasteiger partial charge is 0.508 e. The Kier molecular flexibility index (Phi) is 6.05. The highest BCUT2D eigenvalue weighted by Crippen LogP contribution is 2.51. The number of rotatable bonds is 5. The van der Waals surface area contributed by atoms with Crippen molar-refractivity contribution < 1.29 is 27.8 Å². The third-order valence-electron chi connectivity index (χ3n) is 11.7. The number of fused-ring (bicyclic) bond motifs is 7. The van der Waals surface area contributed by atoms with Gasteiger partial charge in [-0.05, 0) is 85.0 Å². The number of benzene rings is 3. The molecule has 47 heavy (non-hydrogen) atoms. The predicted molar refractivity (Wildman–Crippen MR) is 171 cm³/mol. The first-order valence-electron chi connectivity index (χ1n) is 17.0. The minimum absolute atomic E-state index is 0.00981. The molecule has 244 valence electrons. The smallest absolute Gasteiger partial charge is 0.319 e. The van der Waals surface area contributed by atoms with Gasteiger partial charge in [-0.15, -0.1) is 0 Å². The highest BCUT2D eigenvalue weighted by atomic mass is 19.1. The van der Waals surface area contributed by atoms with E-state index in [-0.39, 0.29) is 70.9 Å². The second-order valence-corrected chi connectivity index (χ2v) is 14.5. The lowest BCUT2D eigenvalue weighted by molar-refractivity contribution is 0.107. The van der Waals surface area contributed by atoms with Crippen LogP contribution in [-0.4, -0.2) is 82.7 Å². The number of halogens is 3. The van der Waals surface area contributed by atoms with E-state index in [1.165, 1.54) is 6.07 Å². The molecule has 3 aromatic carbocycles. The van der Waals surface area contributed by atoms with Gasteiger partial charge in [-0.2, -0.15) is 9.97 Å². The Morgan fingerprint density at radius 1 is 1.06 bits per heavy atom. The number of alkyl halides is 1. The molecule has 0 radical (unpaired) electrons. The number of nitrogens with zero attached hydrogens (tertiary/aromatic N) is 4. The Hall–Kier alpha value is -3.83. The maximum absolute atomic E-state index is 17.2. The number of nitrogens with one attached hydrogen (secondary N) is 1. The van der Waals surface area contributed by atoms with Crippen LogP contribution in [0.1, 0.15) is 56.4 Å². The lowest BCUT2D eigenvalue weighted by Gasteiger charge is -2.40. The zero-order valence-corrected chi connectivity index (χ0v) is 25.9. The van der Waals surface area contributed by atoms with Gasteiger partial charge < -0.3 is 24.8 Å². The molecule has 4 saturated heterocycles. The van der Waals surface area contributed by atoms with Crippen LogP contribution in [0.3, 0.4) is 0 Å². The zero-order valence-electron chi connectivity index (χ0n) is 25.9. The fourth-order valence-electron chi connectivity index (χ4n) is 9.41. The second kappa shape index (κ2) is 10.1. The first-order valence-corrected chi connectivity index (χ1v) is 17.0. The molecule has 1 aliphatic carbocycles. The summed E-state index contributed by atoms with van der Waals surface area (Å²) in [6, 6.07) is 9.05. The SMILES string of the molecule is Oc1cc(-c2c(F)c3c4c(nc(OC[C@]56CCCN5C[C@H](F)C6)nc4c2F)N2CC4CCC(N4)C2CO3)c2c(C3CC3)cccc2c1. The molecule has 6 heterocycles. The van der Waals surface area contributed by atoms with Crippen LogP contribution >= 0.6 is 0 Å². The summed E-state index contributed by atoms with van der Waals surface area (Å²) >= 11 is 0. The topological polar surface area (TPSA) is 83.0 Å². The summed E-state index contributed by atoms with van der Waals surface area (Å²) in [7, 11) is 0. The van der Waals surface area contributed by atoms with Crippen molar-refractivity contribution in [3.05, 3.63) is 47.5 Å². The van der Waals surface area contributed by atoms with Crippen LogP contribution in [0.25, 0.3) is 32.8 Å². The van der Waals surface area contributed by atoms with Crippen LogP contribution in [0.4, 0.5) is 19.0 Å². The Balaban J connectivity index is 1.19. The van der Waals surface area contributed by atoms with Crippen LogP contribution in [0, 0.1) is 11.6 Å². The van der Waals surface area contributed by atoms with E-state index >= 15 is 8.78 Å². The van der Waals surface area contributed by atoms with Gasteiger partial charge in [0.05, 0.1) is 22.5 Å². The third-order valence-corrected chi connectivity index (χ3v) is 11.7. The summed E-state index contributed by atoms with van der Waals surface area (Å²) in [6.45, 7) is 2.20. The summed E-state index contributed by atoms with van der Waals surface area (Å²) in [5, 5.41) is 16.1. The van der Waals surface area contributed by atoms with Crippen molar-refractivity contribution in [1.82, 2.24) is 20.2 Å². The summed E-state index contributed by atoms with van der Waals surface area (Å²) in [6.07, 6.45) is 5.20. The summed E-state index contributed by atoms with van der Waals surface area (Å²) in [5.41, 5.74) is 0.471. The van der Waals surface area contributed by atoms with Gasteiger partial charge in [0, 0.05) is 31.6 Å². The van der Waals surface area contributed by atoms with Crippen molar-refractivity contribution in [2.75, 3.05) is 37.7 Å². The molecule has 5 aliphatic heterocycles. The first-order chi connectivity index (χ1) is 22.9. The van der Waals surface area contributed by atoms with Crippen molar-refractivity contribution in [1.29, 1.82) is 0 Å². The van der Waals surface area contributed by atoms with Gasteiger partial charge in [-0.25, -0.2) is 13.2 Å². The molecule has 3 unspecified atom stereocenters. The zero-order chi connectivity index (χ0) is 31.6. The maximum atomic E-state index is 17.2. The average molecular weight is 644 g/mol. The minimum Gasteiger partial charge on any atom is -0.508 e. The van der Waals surface area contributed by atoms with Gasteiger partial charge in [-0.3, -0.25) is 4.90 Å². The van der Waals surface area contributed by atoms with Crippen LogP contribution in [0.2, 0.25) is 0 Å². The summed E-state index contributed by atoms with van der Waals surface area (Å²) < 4.78 is 61.5. The lowest BCUT2D eigenvalue weighted by atomic mass is 9.91. The van der Waals surface area contributed by atoms with Gasteiger partial charge in [0.1, 0.15) is 36.5 Å². The summed E-state index contributed by atoms with van der Waals surface area (Å²) in [4.78, 5) is 13.8. The molecule has 6 aliphatic rings. The van der Waals surface area contributed by atoms with Crippen LogP contribution in [0.15, 0.2) is 30.3 Å². The third kappa shape index (κ3) is 4.21. The Morgan fingerprint density at radius 2 is 1.96 bits per heavy atom. The van der Waals surface area contributed by atoms with Crippen LogP contribution < -0.4 is 19.7 Å². The lowest BCUT2D eigenvalue weighted by Crippen LogP contribution is -2.60. The van der Waals surface area contributed by atoms with Gasteiger partial charge in [0.15, 0.2) is 17.4 Å². The van der Waals surface area contributed by atoms with Gasteiger partial charge in [0.2, 0.25) is 0 Å². The predicted octanol–water partition coefficient (Wildman–Crippen LogP) is 5.97. The number of ether oxygens (including phenoxy) is 2. The Labute approximate surface area is 269 Å². The monoisotopic (exact) mass is 643 g/mol. The molecule has 11 heteroatoms. The quantitative estimate of drug-likeness (QED) is 0.276. The Bertz CT molecular complexity index is 1970. The fraction of sp³-hybridized carbons (Fsp3) is 0.500. The number of phenols is 1. The van der Waals surface area contributed by atoms with E-state index in [4.69, 9.17) is 14.5 Å². The number of piperazine rings is 1. The molecule has 2 N–H and O–H groups in total. The van der Waals surface area contributed by atoms with Gasteiger partial charge in [-0.1, -0.05) is 18.2 Å². The molecule has 5 fully saturated rings. The number of hydrogen-bond acceptors (Lipinski definition) is 8. The van der Waals surface area contributed by atoms with E-state index in [1.807, 2.05) is 18.2 Å². The highest BCUT2D eigenvalue weighted by Gasteiger charge is 2.50. The molecule has 5 atom stereocenters. The number of phenolic OH excluding ortho intramolecular Hbond substituents is 1. The highest BCUT2D eigenvalue weighted by molar-refractivity contribution is 6.05. The molecule has 0 amide bonds. The molecule has 1 saturated carbocycles. The van der Waals surface area contributed by atoms with Crippen molar-refractivity contribution in [3.8, 4) is 28.6 Å². The average Bonchev–Trinajstić information content (AvgIpc) is 3.67. The van der Waals surface area contributed by atoms with Crippen LogP contribution in [0.5, 0.6) is 17.5 Å². The number of aromatic hydroxyl groups is 1. The maximum Gasteiger partial charge on any atom is 0.319 e. The van der Waals surface area contributed by atoms with Crippen molar-refractivity contribution >= 4 is 27.5 Å². The first kappa shape index (κ1) is 28.2. The molecule has 8 nitrogen and oxygen atoms in total. The molecule has 2 bridgehead atoms. The Morgan fingerprint density at radius 3 is 2.83 bits per heavy atom. The van der Waals surface area contributed by atoms with Crippen molar-refractivity contribution in [3.63, 3.8) is 0 Å². The molecule has 1 aromatic heterocycles. The number of aromatic nitrogens is 2.